The topological polar surface area (TPSA) is 49.8 Å². The molecule has 4 nitrogen and oxygen atoms in total. The standard InChI is InChI=1S/C10H15FN4/c11-8-5-13-10(14-6-8)15-9-3-1-2-4-12-7-9/h5-6,9,12H,1-4,7H2,(H,13,14,15). The molecule has 1 unspecified atom stereocenters. The third kappa shape index (κ3) is 3.13. The van der Waals surface area contributed by atoms with Crippen LogP contribution in [0.15, 0.2) is 12.4 Å². The van der Waals surface area contributed by atoms with Gasteiger partial charge in [0.25, 0.3) is 0 Å². The second kappa shape index (κ2) is 5.02. The minimum absolute atomic E-state index is 0.345. The molecule has 0 aliphatic carbocycles. The molecule has 0 spiro atoms. The van der Waals surface area contributed by atoms with Gasteiger partial charge in [-0.2, -0.15) is 0 Å². The van der Waals surface area contributed by atoms with Crippen LogP contribution in [-0.4, -0.2) is 29.1 Å². The number of nitrogens with one attached hydrogen (secondary N) is 2. The molecule has 1 atom stereocenters. The van der Waals surface area contributed by atoms with Crippen LogP contribution in [-0.2, 0) is 0 Å². The first kappa shape index (κ1) is 10.3. The van der Waals surface area contributed by atoms with Crippen molar-refractivity contribution in [3.05, 3.63) is 18.2 Å². The van der Waals surface area contributed by atoms with Gasteiger partial charge in [-0.15, -0.1) is 0 Å². The highest BCUT2D eigenvalue weighted by Gasteiger charge is 2.12. The molecule has 2 heterocycles. The van der Waals surface area contributed by atoms with Gasteiger partial charge in [0, 0.05) is 12.6 Å². The zero-order valence-corrected chi connectivity index (χ0v) is 8.54. The minimum atomic E-state index is -0.403. The molecule has 0 radical (unpaired) electrons. The molecule has 1 aliphatic rings. The summed E-state index contributed by atoms with van der Waals surface area (Å²) in [6, 6.07) is 0.345. The van der Waals surface area contributed by atoms with Gasteiger partial charge in [-0.25, -0.2) is 14.4 Å². The van der Waals surface area contributed by atoms with Crippen molar-refractivity contribution in [1.82, 2.24) is 15.3 Å². The van der Waals surface area contributed by atoms with Gasteiger partial charge in [-0.1, -0.05) is 6.42 Å². The Morgan fingerprint density at radius 2 is 2.13 bits per heavy atom. The van der Waals surface area contributed by atoms with E-state index in [0.717, 1.165) is 19.5 Å². The van der Waals surface area contributed by atoms with E-state index in [0.29, 0.717) is 12.0 Å². The van der Waals surface area contributed by atoms with E-state index in [-0.39, 0.29) is 0 Å². The smallest absolute Gasteiger partial charge is 0.223 e. The molecular formula is C10H15FN4. The molecule has 1 aromatic rings. The summed E-state index contributed by atoms with van der Waals surface area (Å²) in [5, 5.41) is 6.53. The van der Waals surface area contributed by atoms with Crippen molar-refractivity contribution in [1.29, 1.82) is 0 Å². The van der Waals surface area contributed by atoms with Crippen molar-refractivity contribution in [3.8, 4) is 0 Å². The Kier molecular flexibility index (Phi) is 3.45. The highest BCUT2D eigenvalue weighted by molar-refractivity contribution is 5.24. The molecule has 0 amide bonds. The van der Waals surface area contributed by atoms with Crippen LogP contribution in [0, 0.1) is 5.82 Å². The molecule has 2 rings (SSSR count). The molecule has 0 aromatic carbocycles. The molecule has 5 heteroatoms. The zero-order chi connectivity index (χ0) is 10.5. The van der Waals surface area contributed by atoms with Crippen LogP contribution in [0.25, 0.3) is 0 Å². The molecule has 0 saturated carbocycles. The maximum atomic E-state index is 12.6. The summed E-state index contributed by atoms with van der Waals surface area (Å²) < 4.78 is 12.6. The Balaban J connectivity index is 1.92. The van der Waals surface area contributed by atoms with Crippen molar-refractivity contribution in [2.75, 3.05) is 18.4 Å². The van der Waals surface area contributed by atoms with Crippen LogP contribution in [0.4, 0.5) is 10.3 Å². The van der Waals surface area contributed by atoms with E-state index in [2.05, 4.69) is 20.6 Å². The largest absolute Gasteiger partial charge is 0.350 e. The third-order valence-corrected chi connectivity index (χ3v) is 2.50. The quantitative estimate of drug-likeness (QED) is 0.769. The van der Waals surface area contributed by atoms with E-state index in [1.54, 1.807) is 0 Å². The van der Waals surface area contributed by atoms with Crippen LogP contribution in [0.1, 0.15) is 19.3 Å². The van der Waals surface area contributed by atoms with Crippen LogP contribution < -0.4 is 10.6 Å². The Labute approximate surface area is 88.3 Å². The Bertz CT molecular complexity index is 293. The summed E-state index contributed by atoms with van der Waals surface area (Å²) >= 11 is 0. The number of hydrogen-bond donors (Lipinski definition) is 2. The monoisotopic (exact) mass is 210 g/mol. The third-order valence-electron chi connectivity index (χ3n) is 2.50. The maximum absolute atomic E-state index is 12.6. The summed E-state index contributed by atoms with van der Waals surface area (Å²) in [6.45, 7) is 1.99. The van der Waals surface area contributed by atoms with Crippen molar-refractivity contribution in [2.24, 2.45) is 0 Å². The number of aromatic nitrogens is 2. The van der Waals surface area contributed by atoms with Gasteiger partial charge < -0.3 is 10.6 Å². The average molecular weight is 210 g/mol. The summed E-state index contributed by atoms with van der Waals surface area (Å²) in [4.78, 5) is 7.76. The van der Waals surface area contributed by atoms with E-state index in [9.17, 15) is 4.39 Å². The maximum Gasteiger partial charge on any atom is 0.223 e. The Morgan fingerprint density at radius 1 is 1.33 bits per heavy atom. The first-order valence-corrected chi connectivity index (χ1v) is 5.29. The molecule has 1 aromatic heterocycles. The van der Waals surface area contributed by atoms with Gasteiger partial charge in [-0.05, 0) is 19.4 Å². The zero-order valence-electron chi connectivity index (χ0n) is 8.54. The first-order valence-electron chi connectivity index (χ1n) is 5.29. The molecule has 2 N–H and O–H groups in total. The van der Waals surface area contributed by atoms with E-state index >= 15 is 0 Å². The van der Waals surface area contributed by atoms with Gasteiger partial charge in [0.05, 0.1) is 12.4 Å². The number of rotatable bonds is 2. The molecule has 1 fully saturated rings. The lowest BCUT2D eigenvalue weighted by molar-refractivity contribution is 0.607. The summed E-state index contributed by atoms with van der Waals surface area (Å²) in [6.07, 6.45) is 5.88. The predicted octanol–water partition coefficient (Wildman–Crippen LogP) is 1.17. The second-order valence-corrected chi connectivity index (χ2v) is 3.77. The van der Waals surface area contributed by atoms with Crippen LogP contribution in [0.5, 0.6) is 0 Å². The van der Waals surface area contributed by atoms with E-state index in [1.165, 1.54) is 25.2 Å². The first-order chi connectivity index (χ1) is 7.34. The van der Waals surface area contributed by atoms with E-state index in [4.69, 9.17) is 0 Å². The summed E-state index contributed by atoms with van der Waals surface area (Å²) in [5.41, 5.74) is 0. The highest BCUT2D eigenvalue weighted by Crippen LogP contribution is 2.08. The van der Waals surface area contributed by atoms with Crippen molar-refractivity contribution in [3.63, 3.8) is 0 Å². The average Bonchev–Trinajstić information content (AvgIpc) is 2.50. The fraction of sp³-hybridized carbons (Fsp3) is 0.600. The second-order valence-electron chi connectivity index (χ2n) is 3.77. The van der Waals surface area contributed by atoms with E-state index in [1.807, 2.05) is 0 Å². The lowest BCUT2D eigenvalue weighted by Gasteiger charge is -2.15. The predicted molar refractivity (Wildman–Crippen MR) is 56.1 cm³/mol. The summed E-state index contributed by atoms with van der Waals surface area (Å²) in [7, 11) is 0. The molecule has 0 bridgehead atoms. The van der Waals surface area contributed by atoms with Crippen molar-refractivity contribution >= 4 is 5.95 Å². The molecule has 1 aliphatic heterocycles. The number of halogens is 1. The van der Waals surface area contributed by atoms with Gasteiger partial charge >= 0.3 is 0 Å². The van der Waals surface area contributed by atoms with Gasteiger partial charge in [-0.3, -0.25) is 0 Å². The van der Waals surface area contributed by atoms with Gasteiger partial charge in [0.2, 0.25) is 5.95 Å². The Hall–Kier alpha value is -1.23. The SMILES string of the molecule is Fc1cnc(NC2CCCCNC2)nc1. The summed E-state index contributed by atoms with van der Waals surface area (Å²) in [5.74, 6) is 0.102. The Morgan fingerprint density at radius 3 is 2.93 bits per heavy atom. The minimum Gasteiger partial charge on any atom is -0.350 e. The number of nitrogens with zero attached hydrogens (tertiary/aromatic N) is 2. The lowest BCUT2D eigenvalue weighted by atomic mass is 10.1. The number of anilines is 1. The lowest BCUT2D eigenvalue weighted by Crippen LogP contribution is -2.31. The molecular weight excluding hydrogens is 195 g/mol. The molecule has 1 saturated heterocycles. The van der Waals surface area contributed by atoms with Crippen molar-refractivity contribution < 1.29 is 4.39 Å². The highest BCUT2D eigenvalue weighted by atomic mass is 19.1. The van der Waals surface area contributed by atoms with Gasteiger partial charge in [0.1, 0.15) is 0 Å². The van der Waals surface area contributed by atoms with Crippen LogP contribution in [0.3, 0.4) is 0 Å². The van der Waals surface area contributed by atoms with Crippen molar-refractivity contribution in [2.45, 2.75) is 25.3 Å². The van der Waals surface area contributed by atoms with Gasteiger partial charge in [0.15, 0.2) is 5.82 Å². The fourth-order valence-corrected chi connectivity index (χ4v) is 1.71. The molecule has 82 valence electrons. The van der Waals surface area contributed by atoms with Crippen LogP contribution in [0.2, 0.25) is 0 Å². The molecule has 15 heavy (non-hydrogen) atoms. The van der Waals surface area contributed by atoms with E-state index < -0.39 is 5.82 Å². The fourth-order valence-electron chi connectivity index (χ4n) is 1.71. The number of hydrogen-bond acceptors (Lipinski definition) is 4. The van der Waals surface area contributed by atoms with Crippen LogP contribution >= 0.6 is 0 Å². The normalized spacial score (nSPS) is 22.1.